The molecule has 0 aliphatic rings. The van der Waals surface area contributed by atoms with Crippen molar-refractivity contribution in [2.75, 3.05) is 0 Å². The highest BCUT2D eigenvalue weighted by Gasteiger charge is 2.41. The van der Waals surface area contributed by atoms with Crippen LogP contribution < -0.4 is 0 Å². The molecule has 0 fully saturated rings. The van der Waals surface area contributed by atoms with Gasteiger partial charge in [-0.3, -0.25) is 4.57 Å². The predicted molar refractivity (Wildman–Crippen MR) is 90.9 cm³/mol. The van der Waals surface area contributed by atoms with Crippen LogP contribution in [0.3, 0.4) is 0 Å². The zero-order chi connectivity index (χ0) is 20.2. The average Bonchev–Trinajstić information content (AvgIpc) is 3.30. The number of fused-ring (bicyclic) bond motifs is 1. The molecule has 0 radical (unpaired) electrons. The maximum absolute atomic E-state index is 13.5. The van der Waals surface area contributed by atoms with E-state index in [9.17, 15) is 18.0 Å². The largest absolute Gasteiger partial charge is 0.478 e. The molecular weight excluding hydrogens is 377 g/mol. The monoisotopic (exact) mass is 390 g/mol. The van der Waals surface area contributed by atoms with Crippen LogP contribution in [0.5, 0.6) is 0 Å². The Morgan fingerprint density at radius 3 is 2.39 bits per heavy atom. The number of aryl methyl sites for hydroxylation is 2. The van der Waals surface area contributed by atoms with E-state index in [-0.39, 0.29) is 11.8 Å². The zero-order valence-electron chi connectivity index (χ0n) is 14.6. The minimum atomic E-state index is -4.93. The lowest BCUT2D eigenvalue weighted by Gasteiger charge is -2.12. The van der Waals surface area contributed by atoms with Crippen molar-refractivity contribution in [3.8, 4) is 11.8 Å². The Morgan fingerprint density at radius 1 is 1.11 bits per heavy atom. The molecule has 4 heterocycles. The molecule has 0 spiro atoms. The number of hydrogen-bond acceptors (Lipinski definition) is 4. The van der Waals surface area contributed by atoms with Crippen LogP contribution in [-0.2, 0) is 6.18 Å². The summed E-state index contributed by atoms with van der Waals surface area (Å²) < 4.78 is 44.1. The second-order valence-electron chi connectivity index (χ2n) is 6.14. The highest BCUT2D eigenvalue weighted by Crippen LogP contribution is 2.33. The van der Waals surface area contributed by atoms with Gasteiger partial charge >= 0.3 is 12.1 Å². The summed E-state index contributed by atoms with van der Waals surface area (Å²) in [4.78, 5) is 15.6. The Kier molecular flexibility index (Phi) is 3.77. The van der Waals surface area contributed by atoms with Crippen molar-refractivity contribution in [2.45, 2.75) is 20.0 Å². The third-order valence-electron chi connectivity index (χ3n) is 4.28. The molecule has 0 unspecified atom stereocenters. The molecule has 0 saturated heterocycles. The minimum absolute atomic E-state index is 0.0847. The molecule has 1 N–H and O–H groups in total. The number of alkyl halides is 3. The van der Waals surface area contributed by atoms with Gasteiger partial charge in [-0.25, -0.2) is 9.48 Å². The third kappa shape index (κ3) is 2.63. The van der Waals surface area contributed by atoms with Gasteiger partial charge in [-0.05, 0) is 38.1 Å². The molecule has 144 valence electrons. The maximum atomic E-state index is 13.5. The summed E-state index contributed by atoms with van der Waals surface area (Å²) in [7, 11) is 0. The van der Waals surface area contributed by atoms with Gasteiger partial charge in [0.25, 0.3) is 5.95 Å². The van der Waals surface area contributed by atoms with Gasteiger partial charge < -0.3 is 5.11 Å². The highest BCUT2D eigenvalue weighted by molar-refractivity contribution is 5.89. The second kappa shape index (κ2) is 5.94. The Balaban J connectivity index is 1.98. The highest BCUT2D eigenvalue weighted by atomic mass is 19.4. The fourth-order valence-electron chi connectivity index (χ4n) is 3.07. The van der Waals surface area contributed by atoms with Gasteiger partial charge in [0, 0.05) is 11.4 Å². The van der Waals surface area contributed by atoms with Crippen LogP contribution in [0.25, 0.3) is 17.4 Å². The van der Waals surface area contributed by atoms with Gasteiger partial charge in [0.2, 0.25) is 0 Å². The normalized spacial score (nSPS) is 12.0. The summed E-state index contributed by atoms with van der Waals surface area (Å²) in [5.41, 5.74) is -0.323. The number of carboxylic acids is 1. The number of hydrogen-bond donors (Lipinski definition) is 1. The molecule has 4 aromatic rings. The first kappa shape index (κ1) is 17.8. The molecule has 4 rings (SSSR count). The van der Waals surface area contributed by atoms with E-state index < -0.39 is 23.4 Å². The maximum Gasteiger partial charge on any atom is 0.434 e. The van der Waals surface area contributed by atoms with E-state index in [0.29, 0.717) is 16.5 Å². The van der Waals surface area contributed by atoms with Crippen LogP contribution in [0.2, 0.25) is 0 Å². The van der Waals surface area contributed by atoms with Crippen molar-refractivity contribution >= 4 is 11.6 Å². The van der Waals surface area contributed by atoms with Gasteiger partial charge in [0.05, 0.1) is 6.20 Å². The summed E-state index contributed by atoms with van der Waals surface area (Å²) >= 11 is 0. The average molecular weight is 390 g/mol. The second-order valence-corrected chi connectivity index (χ2v) is 6.14. The quantitative estimate of drug-likeness (QED) is 0.581. The topological polar surface area (TPSA) is 90.2 Å². The van der Waals surface area contributed by atoms with Crippen LogP contribution in [-0.4, -0.2) is 40.0 Å². The number of pyridine rings is 1. The fourth-order valence-corrected chi connectivity index (χ4v) is 3.07. The van der Waals surface area contributed by atoms with Gasteiger partial charge in [-0.2, -0.15) is 27.8 Å². The molecule has 0 aromatic carbocycles. The number of halogens is 3. The summed E-state index contributed by atoms with van der Waals surface area (Å²) in [6.45, 7) is 3.71. The van der Waals surface area contributed by atoms with Crippen molar-refractivity contribution in [2.24, 2.45) is 0 Å². The molecule has 0 aliphatic carbocycles. The van der Waals surface area contributed by atoms with Crippen LogP contribution in [0.15, 0.2) is 36.5 Å². The van der Waals surface area contributed by atoms with E-state index in [1.807, 2.05) is 26.0 Å². The Hall–Kier alpha value is -3.63. The van der Waals surface area contributed by atoms with Crippen molar-refractivity contribution in [1.82, 2.24) is 28.9 Å². The molecule has 0 aliphatic heterocycles. The number of nitrogens with zero attached hydrogens (tertiary/aromatic N) is 6. The summed E-state index contributed by atoms with van der Waals surface area (Å²) in [5, 5.41) is 17.1. The first-order valence-corrected chi connectivity index (χ1v) is 8.08. The zero-order valence-corrected chi connectivity index (χ0v) is 14.6. The smallest absolute Gasteiger partial charge is 0.434 e. The Labute approximate surface area is 155 Å². The molecule has 8 nitrogen and oxygen atoms in total. The van der Waals surface area contributed by atoms with Gasteiger partial charge in [-0.15, -0.1) is 5.10 Å². The van der Waals surface area contributed by atoms with E-state index in [1.165, 1.54) is 16.6 Å². The predicted octanol–water partition coefficient (Wildman–Crippen LogP) is 3.04. The first-order chi connectivity index (χ1) is 13.2. The standard InChI is InChI=1S/C17H13F3N6O2/c1-9-6-7-10(2)24(9)16-22-12-4-3-5-13(25(12)23-16)26-14(17(18,19)20)11(8-21-26)15(27)28/h3-8H,1-2H3,(H,27,28). The van der Waals surface area contributed by atoms with Gasteiger partial charge in [-0.1, -0.05) is 6.07 Å². The number of carbonyl (C=O) groups is 1. The number of carboxylic acid groups (broad SMARTS) is 1. The third-order valence-corrected chi connectivity index (χ3v) is 4.28. The van der Waals surface area contributed by atoms with Crippen LogP contribution >= 0.6 is 0 Å². The van der Waals surface area contributed by atoms with E-state index in [1.54, 1.807) is 10.6 Å². The Bertz CT molecular complexity index is 1200. The van der Waals surface area contributed by atoms with Crippen molar-refractivity contribution in [3.63, 3.8) is 0 Å². The molecule has 0 atom stereocenters. The van der Waals surface area contributed by atoms with Crippen molar-refractivity contribution in [1.29, 1.82) is 0 Å². The van der Waals surface area contributed by atoms with Crippen LogP contribution in [0.1, 0.15) is 27.4 Å². The molecule has 0 amide bonds. The number of aromatic nitrogens is 6. The van der Waals surface area contributed by atoms with E-state index in [2.05, 4.69) is 15.2 Å². The molecule has 0 bridgehead atoms. The van der Waals surface area contributed by atoms with Crippen LogP contribution in [0, 0.1) is 13.8 Å². The lowest BCUT2D eigenvalue weighted by Crippen LogP contribution is -2.19. The van der Waals surface area contributed by atoms with Gasteiger partial charge in [0.1, 0.15) is 5.56 Å². The molecule has 0 saturated carbocycles. The fraction of sp³-hybridized carbons (Fsp3) is 0.176. The van der Waals surface area contributed by atoms with Gasteiger partial charge in [0.15, 0.2) is 17.2 Å². The summed E-state index contributed by atoms with van der Waals surface area (Å²) in [6, 6.07) is 8.19. The van der Waals surface area contributed by atoms with E-state index >= 15 is 0 Å². The molecule has 11 heteroatoms. The van der Waals surface area contributed by atoms with Crippen molar-refractivity contribution in [3.05, 3.63) is 59.2 Å². The van der Waals surface area contributed by atoms with E-state index in [4.69, 9.17) is 5.11 Å². The Morgan fingerprint density at radius 2 is 1.79 bits per heavy atom. The van der Waals surface area contributed by atoms with Crippen molar-refractivity contribution < 1.29 is 23.1 Å². The number of aromatic carboxylic acids is 1. The van der Waals surface area contributed by atoms with Crippen LogP contribution in [0.4, 0.5) is 13.2 Å². The number of rotatable bonds is 3. The summed E-state index contributed by atoms with van der Waals surface area (Å²) in [5.74, 6) is -1.52. The lowest BCUT2D eigenvalue weighted by molar-refractivity contribution is -0.143. The first-order valence-electron chi connectivity index (χ1n) is 8.08. The SMILES string of the molecule is Cc1ccc(C)n1-c1nc2cccc(-n3ncc(C(=O)O)c3C(F)(F)F)n2n1. The summed E-state index contributed by atoms with van der Waals surface area (Å²) in [6.07, 6.45) is -4.26. The lowest BCUT2D eigenvalue weighted by atomic mass is 10.2. The molecule has 28 heavy (non-hydrogen) atoms. The molecular formula is C17H13F3N6O2. The van der Waals surface area contributed by atoms with E-state index in [0.717, 1.165) is 11.4 Å². The minimum Gasteiger partial charge on any atom is -0.478 e. The molecule has 4 aromatic heterocycles.